The van der Waals surface area contributed by atoms with Gasteiger partial charge in [-0.05, 0) is 64.0 Å². The molecule has 6 rings (SSSR count). The van der Waals surface area contributed by atoms with Gasteiger partial charge in [-0.1, -0.05) is 54.1 Å². The van der Waals surface area contributed by atoms with Crippen LogP contribution in [0.2, 0.25) is 5.02 Å². The molecule has 0 atom stereocenters. The van der Waals surface area contributed by atoms with Crippen molar-refractivity contribution in [3.8, 4) is 23.1 Å². The summed E-state index contributed by atoms with van der Waals surface area (Å²) >= 11 is 10.2. The molecule has 4 aromatic carbocycles. The number of benzene rings is 4. The van der Waals surface area contributed by atoms with Crippen molar-refractivity contribution >= 4 is 61.6 Å². The zero-order valence-corrected chi connectivity index (χ0v) is 24.8. The molecule has 0 saturated carbocycles. The lowest BCUT2D eigenvalue weighted by molar-refractivity contribution is 0.0696. The molecule has 43 heavy (non-hydrogen) atoms. The Kier molecular flexibility index (Phi) is 7.71. The van der Waals surface area contributed by atoms with Crippen molar-refractivity contribution in [3.05, 3.63) is 121 Å². The third-order valence-electron chi connectivity index (χ3n) is 6.64. The van der Waals surface area contributed by atoms with Gasteiger partial charge in [0.25, 0.3) is 5.56 Å². The smallest absolute Gasteiger partial charge is 0.335 e. The molecule has 0 spiro atoms. The molecule has 214 valence electrons. The molecular formula is C32H21BrClN3O6. The van der Waals surface area contributed by atoms with Gasteiger partial charge in [0.2, 0.25) is 5.82 Å². The first-order chi connectivity index (χ1) is 20.8. The lowest BCUT2D eigenvalue weighted by Gasteiger charge is -2.15. The number of para-hydroxylation sites is 2. The highest BCUT2D eigenvalue weighted by atomic mass is 79.9. The van der Waals surface area contributed by atoms with Crippen LogP contribution in [0.15, 0.2) is 104 Å². The molecule has 0 bridgehead atoms. The second-order valence-electron chi connectivity index (χ2n) is 9.38. The van der Waals surface area contributed by atoms with Gasteiger partial charge in [0, 0.05) is 15.4 Å². The number of hydrogen-bond acceptors (Lipinski definition) is 7. The summed E-state index contributed by atoms with van der Waals surface area (Å²) in [6, 6.07) is 24.4. The highest BCUT2D eigenvalue weighted by Gasteiger charge is 2.19. The molecule has 11 heteroatoms. The van der Waals surface area contributed by atoms with Crippen molar-refractivity contribution < 1.29 is 23.8 Å². The Morgan fingerprint density at radius 1 is 1.09 bits per heavy atom. The van der Waals surface area contributed by atoms with Crippen molar-refractivity contribution in [2.24, 2.45) is 5.10 Å². The third kappa shape index (κ3) is 5.50. The predicted molar refractivity (Wildman–Crippen MR) is 168 cm³/mol. The summed E-state index contributed by atoms with van der Waals surface area (Å²) in [6.45, 7) is 0.0517. The standard InChI is InChI=1S/C32H21BrClN3O6/c1-41-25-15-21(27(33)28(34)29(25)42-17-18-7-6-9-20(13-18)32(39)40)16-35-37-30(26-14-19-8-2-5-12-24(19)43-26)36-23-11-4-3-10-22(23)31(37)38/h2-16H,17H2,1H3,(H,39,40). The van der Waals surface area contributed by atoms with Crippen LogP contribution in [0.25, 0.3) is 33.5 Å². The van der Waals surface area contributed by atoms with Gasteiger partial charge >= 0.3 is 5.97 Å². The Bertz CT molecular complexity index is 2090. The molecule has 1 N–H and O–H groups in total. The van der Waals surface area contributed by atoms with Crippen molar-refractivity contribution in [1.82, 2.24) is 9.66 Å². The van der Waals surface area contributed by atoms with Crippen LogP contribution >= 0.6 is 27.5 Å². The Morgan fingerprint density at radius 3 is 2.67 bits per heavy atom. The van der Waals surface area contributed by atoms with Crippen LogP contribution in [0.1, 0.15) is 21.5 Å². The zero-order valence-electron chi connectivity index (χ0n) is 22.5. The van der Waals surface area contributed by atoms with E-state index in [0.29, 0.717) is 43.6 Å². The van der Waals surface area contributed by atoms with Gasteiger partial charge in [-0.2, -0.15) is 9.78 Å². The average Bonchev–Trinajstić information content (AvgIpc) is 3.46. The van der Waals surface area contributed by atoms with E-state index in [-0.39, 0.29) is 34.3 Å². The number of carbonyl (C=O) groups is 1. The van der Waals surface area contributed by atoms with Crippen LogP contribution in [-0.2, 0) is 6.61 Å². The molecule has 0 amide bonds. The maximum atomic E-state index is 13.6. The molecular weight excluding hydrogens is 638 g/mol. The summed E-state index contributed by atoms with van der Waals surface area (Å²) in [5, 5.41) is 15.2. The number of aromatic carboxylic acids is 1. The number of carboxylic acid groups (broad SMARTS) is 1. The largest absolute Gasteiger partial charge is 0.493 e. The third-order valence-corrected chi connectivity index (χ3v) is 8.09. The van der Waals surface area contributed by atoms with Gasteiger partial charge in [0.15, 0.2) is 17.3 Å². The predicted octanol–water partition coefficient (Wildman–Crippen LogP) is 7.39. The lowest BCUT2D eigenvalue weighted by atomic mass is 10.1. The highest BCUT2D eigenvalue weighted by Crippen LogP contribution is 2.42. The fraction of sp³-hybridized carbons (Fsp3) is 0.0625. The second kappa shape index (κ2) is 11.7. The number of hydrogen-bond donors (Lipinski definition) is 1. The Hall–Kier alpha value is -4.93. The fourth-order valence-electron chi connectivity index (χ4n) is 4.54. The lowest BCUT2D eigenvalue weighted by Crippen LogP contribution is -2.20. The monoisotopic (exact) mass is 657 g/mol. The molecule has 9 nitrogen and oxygen atoms in total. The second-order valence-corrected chi connectivity index (χ2v) is 10.6. The number of fused-ring (bicyclic) bond motifs is 2. The maximum absolute atomic E-state index is 13.6. The van der Waals surface area contributed by atoms with Gasteiger partial charge in [-0.3, -0.25) is 4.79 Å². The number of aromatic nitrogens is 2. The Morgan fingerprint density at radius 2 is 1.88 bits per heavy atom. The van der Waals surface area contributed by atoms with Crippen molar-refractivity contribution in [2.75, 3.05) is 7.11 Å². The summed E-state index contributed by atoms with van der Waals surface area (Å²) in [7, 11) is 1.47. The summed E-state index contributed by atoms with van der Waals surface area (Å²) in [5.74, 6) is 0.139. The number of halogens is 2. The number of ether oxygens (including phenoxy) is 2. The van der Waals surface area contributed by atoms with Crippen molar-refractivity contribution in [1.29, 1.82) is 0 Å². The van der Waals surface area contributed by atoms with Gasteiger partial charge in [0.1, 0.15) is 17.2 Å². The van der Waals surface area contributed by atoms with E-state index in [2.05, 4.69) is 21.0 Å². The van der Waals surface area contributed by atoms with E-state index < -0.39 is 5.97 Å². The van der Waals surface area contributed by atoms with Crippen LogP contribution < -0.4 is 15.0 Å². The number of rotatable bonds is 8. The van der Waals surface area contributed by atoms with Gasteiger partial charge in [-0.25, -0.2) is 9.78 Å². The fourth-order valence-corrected chi connectivity index (χ4v) is 5.19. The Labute approximate surface area is 257 Å². The average molecular weight is 659 g/mol. The van der Waals surface area contributed by atoms with E-state index in [9.17, 15) is 14.7 Å². The number of carboxylic acids is 1. The molecule has 2 aromatic heterocycles. The molecule has 0 aliphatic carbocycles. The summed E-state index contributed by atoms with van der Waals surface area (Å²) in [5.41, 5.74) is 2.07. The first-order valence-corrected chi connectivity index (χ1v) is 14.1. The normalized spacial score (nSPS) is 11.4. The first-order valence-electron chi connectivity index (χ1n) is 12.9. The van der Waals surface area contributed by atoms with E-state index in [4.69, 9.17) is 30.5 Å². The quantitative estimate of drug-likeness (QED) is 0.170. The molecule has 0 unspecified atom stereocenters. The van der Waals surface area contributed by atoms with E-state index in [0.717, 1.165) is 5.39 Å². The number of furan rings is 1. The molecule has 0 fully saturated rings. The minimum absolute atomic E-state index is 0.0517. The van der Waals surface area contributed by atoms with Gasteiger partial charge in [0.05, 0.1) is 29.8 Å². The zero-order chi connectivity index (χ0) is 30.1. The van der Waals surface area contributed by atoms with Crippen molar-refractivity contribution in [2.45, 2.75) is 6.61 Å². The Balaban J connectivity index is 1.40. The summed E-state index contributed by atoms with van der Waals surface area (Å²) < 4.78 is 19.2. The van der Waals surface area contributed by atoms with E-state index in [1.54, 1.807) is 36.4 Å². The van der Waals surface area contributed by atoms with E-state index in [1.165, 1.54) is 30.1 Å². The van der Waals surface area contributed by atoms with Crippen LogP contribution in [-0.4, -0.2) is 34.1 Å². The first kappa shape index (κ1) is 28.2. The molecule has 0 aliphatic heterocycles. The van der Waals surface area contributed by atoms with Crippen LogP contribution in [0.5, 0.6) is 11.5 Å². The SMILES string of the molecule is COc1cc(C=Nn2c(-c3cc4ccccc4o3)nc3ccccc3c2=O)c(Br)c(Cl)c1OCc1cccc(C(=O)O)c1. The molecule has 6 aromatic rings. The number of methoxy groups -OCH3 is 1. The summed E-state index contributed by atoms with van der Waals surface area (Å²) in [4.78, 5) is 29.7. The van der Waals surface area contributed by atoms with Crippen LogP contribution in [0, 0.1) is 0 Å². The van der Waals surface area contributed by atoms with Crippen LogP contribution in [0.3, 0.4) is 0 Å². The molecule has 2 heterocycles. The van der Waals surface area contributed by atoms with Crippen molar-refractivity contribution in [3.63, 3.8) is 0 Å². The van der Waals surface area contributed by atoms with Gasteiger partial charge < -0.3 is 19.0 Å². The summed E-state index contributed by atoms with van der Waals surface area (Å²) in [6.07, 6.45) is 1.46. The minimum atomic E-state index is -1.03. The maximum Gasteiger partial charge on any atom is 0.335 e. The van der Waals surface area contributed by atoms with Crippen LogP contribution in [0.4, 0.5) is 0 Å². The minimum Gasteiger partial charge on any atom is -0.493 e. The number of nitrogens with zero attached hydrogens (tertiary/aromatic N) is 3. The van der Waals surface area contributed by atoms with E-state index in [1.807, 2.05) is 36.4 Å². The highest BCUT2D eigenvalue weighted by molar-refractivity contribution is 9.10. The molecule has 0 aliphatic rings. The van der Waals surface area contributed by atoms with E-state index >= 15 is 0 Å². The van der Waals surface area contributed by atoms with Gasteiger partial charge in [-0.15, -0.1) is 0 Å². The molecule has 0 radical (unpaired) electrons. The topological polar surface area (TPSA) is 116 Å². The molecule has 0 saturated heterocycles.